The molecule has 0 bridgehead atoms. The van der Waals surface area contributed by atoms with Gasteiger partial charge in [0.15, 0.2) is 0 Å². The van der Waals surface area contributed by atoms with Gasteiger partial charge in [-0.05, 0) is 48.3 Å². The zero-order valence-electron chi connectivity index (χ0n) is 11.5. The predicted octanol–water partition coefficient (Wildman–Crippen LogP) is 3.86. The van der Waals surface area contributed by atoms with Gasteiger partial charge in [0.2, 0.25) is 0 Å². The standard InChI is InChI=1S/C14H21Br2NO2/c1-4-12(8-18)17-7-10-5-11(15)6-13(16)14(10)19-9(2)3/h5-6,9,12,17-18H,4,7-8H2,1-3H3/t12-/m1/s1. The Morgan fingerprint density at radius 1 is 1.32 bits per heavy atom. The third-order valence-electron chi connectivity index (χ3n) is 2.73. The van der Waals surface area contributed by atoms with Crippen molar-refractivity contribution in [2.24, 2.45) is 0 Å². The summed E-state index contributed by atoms with van der Waals surface area (Å²) in [5.41, 5.74) is 1.07. The molecule has 3 nitrogen and oxygen atoms in total. The normalized spacial score (nSPS) is 12.8. The summed E-state index contributed by atoms with van der Waals surface area (Å²) in [6, 6.07) is 4.13. The van der Waals surface area contributed by atoms with Crippen molar-refractivity contribution < 1.29 is 9.84 Å². The molecule has 0 fully saturated rings. The number of rotatable bonds is 7. The zero-order chi connectivity index (χ0) is 14.4. The molecule has 0 aliphatic carbocycles. The molecule has 1 rings (SSSR count). The van der Waals surface area contributed by atoms with E-state index in [1.807, 2.05) is 26.0 Å². The van der Waals surface area contributed by atoms with Crippen LogP contribution in [0.5, 0.6) is 5.75 Å². The van der Waals surface area contributed by atoms with Crippen molar-refractivity contribution in [3.05, 3.63) is 26.6 Å². The number of halogens is 2. The van der Waals surface area contributed by atoms with E-state index in [1.165, 1.54) is 0 Å². The summed E-state index contributed by atoms with van der Waals surface area (Å²) in [6.07, 6.45) is 1.02. The Labute approximate surface area is 132 Å². The molecule has 19 heavy (non-hydrogen) atoms. The maximum absolute atomic E-state index is 9.22. The molecule has 0 aliphatic heterocycles. The van der Waals surface area contributed by atoms with E-state index in [2.05, 4.69) is 44.1 Å². The van der Waals surface area contributed by atoms with Crippen molar-refractivity contribution in [2.45, 2.75) is 45.9 Å². The Balaban J connectivity index is 2.90. The highest BCUT2D eigenvalue weighted by Crippen LogP contribution is 2.33. The Morgan fingerprint density at radius 3 is 2.53 bits per heavy atom. The van der Waals surface area contributed by atoms with Gasteiger partial charge in [0.05, 0.1) is 17.2 Å². The Bertz CT molecular complexity index is 407. The minimum Gasteiger partial charge on any atom is -0.489 e. The molecule has 0 saturated carbocycles. The highest BCUT2D eigenvalue weighted by molar-refractivity contribution is 9.11. The number of hydrogen-bond acceptors (Lipinski definition) is 3. The first-order valence-corrected chi connectivity index (χ1v) is 8.05. The number of benzene rings is 1. The van der Waals surface area contributed by atoms with Crippen LogP contribution in [0.3, 0.4) is 0 Å². The van der Waals surface area contributed by atoms with Crippen LogP contribution in [0, 0.1) is 0 Å². The maximum atomic E-state index is 9.22. The van der Waals surface area contributed by atoms with Crippen molar-refractivity contribution in [1.29, 1.82) is 0 Å². The predicted molar refractivity (Wildman–Crippen MR) is 85.6 cm³/mol. The van der Waals surface area contributed by atoms with Gasteiger partial charge in [0, 0.05) is 22.6 Å². The second kappa shape index (κ2) is 8.25. The molecular weight excluding hydrogens is 374 g/mol. The molecule has 1 aromatic rings. The van der Waals surface area contributed by atoms with E-state index in [4.69, 9.17) is 4.74 Å². The van der Waals surface area contributed by atoms with Crippen molar-refractivity contribution in [3.63, 3.8) is 0 Å². The van der Waals surface area contributed by atoms with Crippen molar-refractivity contribution >= 4 is 31.9 Å². The quantitative estimate of drug-likeness (QED) is 0.737. The number of aliphatic hydroxyl groups excluding tert-OH is 1. The number of hydrogen-bond donors (Lipinski definition) is 2. The first kappa shape index (κ1) is 17.0. The third-order valence-corrected chi connectivity index (χ3v) is 3.78. The number of ether oxygens (including phenoxy) is 1. The minimum atomic E-state index is 0.115. The third kappa shape index (κ3) is 5.42. The fourth-order valence-corrected chi connectivity index (χ4v) is 3.11. The molecule has 0 aliphatic rings. The zero-order valence-corrected chi connectivity index (χ0v) is 14.7. The van der Waals surface area contributed by atoms with Crippen LogP contribution in [0.1, 0.15) is 32.8 Å². The lowest BCUT2D eigenvalue weighted by atomic mass is 10.1. The van der Waals surface area contributed by atoms with E-state index in [0.29, 0.717) is 6.54 Å². The molecule has 0 aromatic heterocycles. The SMILES string of the molecule is CC[C@H](CO)NCc1cc(Br)cc(Br)c1OC(C)C. The highest BCUT2D eigenvalue weighted by atomic mass is 79.9. The van der Waals surface area contributed by atoms with Gasteiger partial charge in [-0.2, -0.15) is 0 Å². The Hall–Kier alpha value is -0.100. The van der Waals surface area contributed by atoms with Gasteiger partial charge in [-0.1, -0.05) is 22.9 Å². The van der Waals surface area contributed by atoms with Crippen molar-refractivity contribution in [1.82, 2.24) is 5.32 Å². The summed E-state index contributed by atoms with van der Waals surface area (Å²) >= 11 is 7.03. The average Bonchev–Trinajstić information content (AvgIpc) is 2.34. The fourth-order valence-electron chi connectivity index (χ4n) is 1.70. The molecule has 108 valence electrons. The summed E-state index contributed by atoms with van der Waals surface area (Å²) in [4.78, 5) is 0. The van der Waals surface area contributed by atoms with Gasteiger partial charge in [-0.15, -0.1) is 0 Å². The molecule has 0 radical (unpaired) electrons. The Kier molecular flexibility index (Phi) is 7.36. The molecule has 0 spiro atoms. The topological polar surface area (TPSA) is 41.5 Å². The van der Waals surface area contributed by atoms with Gasteiger partial charge in [-0.25, -0.2) is 0 Å². The van der Waals surface area contributed by atoms with Crippen LogP contribution in [0.4, 0.5) is 0 Å². The van der Waals surface area contributed by atoms with E-state index in [1.54, 1.807) is 0 Å². The van der Waals surface area contributed by atoms with Crippen LogP contribution in [0.2, 0.25) is 0 Å². The maximum Gasteiger partial charge on any atom is 0.138 e. The lowest BCUT2D eigenvalue weighted by Crippen LogP contribution is -2.31. The highest BCUT2D eigenvalue weighted by Gasteiger charge is 2.13. The monoisotopic (exact) mass is 393 g/mol. The van der Waals surface area contributed by atoms with E-state index in [9.17, 15) is 5.11 Å². The number of aliphatic hydroxyl groups is 1. The summed E-state index contributed by atoms with van der Waals surface area (Å²) in [7, 11) is 0. The van der Waals surface area contributed by atoms with E-state index in [-0.39, 0.29) is 18.8 Å². The minimum absolute atomic E-state index is 0.115. The van der Waals surface area contributed by atoms with E-state index < -0.39 is 0 Å². The average molecular weight is 395 g/mol. The molecule has 2 N–H and O–H groups in total. The van der Waals surface area contributed by atoms with Crippen LogP contribution in [-0.2, 0) is 6.54 Å². The summed E-state index contributed by atoms with van der Waals surface area (Å²) in [6.45, 7) is 6.88. The smallest absolute Gasteiger partial charge is 0.138 e. The Morgan fingerprint density at radius 2 is 2.00 bits per heavy atom. The van der Waals surface area contributed by atoms with Gasteiger partial charge in [0.1, 0.15) is 5.75 Å². The summed E-state index contributed by atoms with van der Waals surface area (Å²) in [5.74, 6) is 0.860. The van der Waals surface area contributed by atoms with Crippen LogP contribution in [0.15, 0.2) is 21.1 Å². The lowest BCUT2D eigenvalue weighted by molar-refractivity contribution is 0.229. The van der Waals surface area contributed by atoms with Crippen molar-refractivity contribution in [2.75, 3.05) is 6.61 Å². The fraction of sp³-hybridized carbons (Fsp3) is 0.571. The largest absolute Gasteiger partial charge is 0.489 e. The molecule has 1 atom stereocenters. The van der Waals surface area contributed by atoms with Crippen LogP contribution < -0.4 is 10.1 Å². The van der Waals surface area contributed by atoms with E-state index >= 15 is 0 Å². The molecule has 5 heteroatoms. The van der Waals surface area contributed by atoms with Gasteiger partial charge in [0.25, 0.3) is 0 Å². The molecule has 0 unspecified atom stereocenters. The molecular formula is C14H21Br2NO2. The number of nitrogens with one attached hydrogen (secondary N) is 1. The van der Waals surface area contributed by atoms with E-state index in [0.717, 1.165) is 26.7 Å². The van der Waals surface area contributed by atoms with Gasteiger partial charge < -0.3 is 15.2 Å². The molecule has 0 saturated heterocycles. The summed E-state index contributed by atoms with van der Waals surface area (Å²) in [5, 5.41) is 12.5. The first-order valence-electron chi connectivity index (χ1n) is 6.46. The molecule has 0 amide bonds. The summed E-state index contributed by atoms with van der Waals surface area (Å²) < 4.78 is 7.80. The molecule has 1 aromatic carbocycles. The van der Waals surface area contributed by atoms with Crippen LogP contribution in [0.25, 0.3) is 0 Å². The second-order valence-corrected chi connectivity index (χ2v) is 6.48. The lowest BCUT2D eigenvalue weighted by Gasteiger charge is -2.19. The van der Waals surface area contributed by atoms with Crippen LogP contribution in [-0.4, -0.2) is 23.9 Å². The van der Waals surface area contributed by atoms with Gasteiger partial charge in [-0.3, -0.25) is 0 Å². The van der Waals surface area contributed by atoms with Crippen molar-refractivity contribution in [3.8, 4) is 5.75 Å². The second-order valence-electron chi connectivity index (χ2n) is 4.71. The molecule has 0 heterocycles. The van der Waals surface area contributed by atoms with Crippen LogP contribution >= 0.6 is 31.9 Å². The van der Waals surface area contributed by atoms with Gasteiger partial charge >= 0.3 is 0 Å². The first-order chi connectivity index (χ1) is 8.97.